The van der Waals surface area contributed by atoms with Crippen LogP contribution in [-0.2, 0) is 16.6 Å². The molecule has 0 aliphatic rings. The third kappa shape index (κ3) is 4.73. The van der Waals surface area contributed by atoms with Gasteiger partial charge in [-0.25, -0.2) is 8.42 Å². The molecule has 1 N–H and O–H groups in total. The number of sulfonamides is 1. The molecule has 0 saturated heterocycles. The number of nitrogens with one attached hydrogen (secondary N) is 1. The van der Waals surface area contributed by atoms with Crippen LogP contribution in [0.4, 0.5) is 5.69 Å². The van der Waals surface area contributed by atoms with E-state index in [1.54, 1.807) is 38.3 Å². The zero-order valence-corrected chi connectivity index (χ0v) is 15.3. The van der Waals surface area contributed by atoms with Gasteiger partial charge in [0.15, 0.2) is 0 Å². The summed E-state index contributed by atoms with van der Waals surface area (Å²) in [5.74, 6) is 0.563. The highest BCUT2D eigenvalue weighted by Gasteiger charge is 2.16. The topological polar surface area (TPSA) is 75.7 Å². The maximum absolute atomic E-state index is 12.2. The number of methoxy groups -OCH3 is 1. The lowest BCUT2D eigenvalue weighted by atomic mass is 10.1. The molecule has 0 bridgehead atoms. The summed E-state index contributed by atoms with van der Waals surface area (Å²) >= 11 is 0. The predicted molar refractivity (Wildman–Crippen MR) is 98.5 cm³/mol. The second-order valence-corrected chi connectivity index (χ2v) is 7.73. The Kier molecular flexibility index (Phi) is 6.03. The number of ether oxygens (including phenoxy) is 1. The molecular formula is C18H22N2O4S. The van der Waals surface area contributed by atoms with Crippen molar-refractivity contribution in [2.24, 2.45) is 0 Å². The van der Waals surface area contributed by atoms with E-state index in [2.05, 4.69) is 5.32 Å². The SMILES string of the molecule is CCS(=O)(=O)N(C)c1ccc(C(=O)NCc2ccc(OC)cc2)cc1. The van der Waals surface area contributed by atoms with Gasteiger partial charge in [-0.05, 0) is 48.9 Å². The Labute approximate surface area is 148 Å². The summed E-state index contributed by atoms with van der Waals surface area (Å²) in [6.07, 6.45) is 0. The molecule has 0 aliphatic carbocycles. The molecule has 0 spiro atoms. The molecule has 0 fully saturated rings. The Bertz CT molecular complexity index is 815. The van der Waals surface area contributed by atoms with Crippen LogP contribution in [-0.4, -0.2) is 34.2 Å². The van der Waals surface area contributed by atoms with Gasteiger partial charge in [0, 0.05) is 19.2 Å². The molecule has 1 amide bonds. The minimum Gasteiger partial charge on any atom is -0.497 e. The van der Waals surface area contributed by atoms with Crippen LogP contribution in [0.2, 0.25) is 0 Å². The lowest BCUT2D eigenvalue weighted by Gasteiger charge is -2.18. The average molecular weight is 362 g/mol. The number of carbonyl (C=O) groups is 1. The van der Waals surface area contributed by atoms with E-state index < -0.39 is 10.0 Å². The van der Waals surface area contributed by atoms with Crippen molar-refractivity contribution < 1.29 is 17.9 Å². The van der Waals surface area contributed by atoms with Crippen LogP contribution in [0.15, 0.2) is 48.5 Å². The number of hydrogen-bond donors (Lipinski definition) is 1. The first kappa shape index (κ1) is 18.8. The molecule has 25 heavy (non-hydrogen) atoms. The summed E-state index contributed by atoms with van der Waals surface area (Å²) in [6.45, 7) is 1.99. The number of rotatable bonds is 7. The van der Waals surface area contributed by atoms with Crippen molar-refractivity contribution in [1.29, 1.82) is 0 Å². The van der Waals surface area contributed by atoms with E-state index in [4.69, 9.17) is 4.74 Å². The minimum absolute atomic E-state index is 0.0214. The predicted octanol–water partition coefficient (Wildman–Crippen LogP) is 2.41. The molecule has 2 aromatic rings. The molecule has 6 nitrogen and oxygen atoms in total. The fraction of sp³-hybridized carbons (Fsp3) is 0.278. The quantitative estimate of drug-likeness (QED) is 0.821. The van der Waals surface area contributed by atoms with Crippen molar-refractivity contribution >= 4 is 21.6 Å². The lowest BCUT2D eigenvalue weighted by molar-refractivity contribution is 0.0951. The fourth-order valence-electron chi connectivity index (χ4n) is 2.20. The molecular weight excluding hydrogens is 340 g/mol. The molecule has 0 saturated carbocycles. The molecule has 7 heteroatoms. The molecule has 134 valence electrons. The lowest BCUT2D eigenvalue weighted by Crippen LogP contribution is -2.28. The molecule has 0 unspecified atom stereocenters. The van der Waals surface area contributed by atoms with Crippen molar-refractivity contribution in [1.82, 2.24) is 5.32 Å². The Morgan fingerprint density at radius 2 is 1.68 bits per heavy atom. The summed E-state index contributed by atoms with van der Waals surface area (Å²) in [6, 6.07) is 13.9. The first-order valence-electron chi connectivity index (χ1n) is 7.85. The Balaban J connectivity index is 2.00. The van der Waals surface area contributed by atoms with Gasteiger partial charge in [-0.2, -0.15) is 0 Å². The molecule has 2 aromatic carbocycles. The van der Waals surface area contributed by atoms with Gasteiger partial charge in [0.25, 0.3) is 5.91 Å². The molecule has 2 rings (SSSR count). The standard InChI is InChI=1S/C18H22N2O4S/c1-4-25(22,23)20(2)16-9-7-15(8-10-16)18(21)19-13-14-5-11-17(24-3)12-6-14/h5-12H,4,13H2,1-3H3,(H,19,21). The largest absolute Gasteiger partial charge is 0.497 e. The molecule has 0 aromatic heterocycles. The first-order chi connectivity index (χ1) is 11.9. The van der Waals surface area contributed by atoms with Crippen molar-refractivity contribution in [3.8, 4) is 5.75 Å². The maximum atomic E-state index is 12.2. The van der Waals surface area contributed by atoms with Crippen LogP contribution in [0.5, 0.6) is 5.75 Å². The second-order valence-electron chi connectivity index (χ2n) is 5.45. The summed E-state index contributed by atoms with van der Waals surface area (Å²) in [7, 11) is -0.215. The van der Waals surface area contributed by atoms with Crippen LogP contribution in [0, 0.1) is 0 Å². The van der Waals surface area contributed by atoms with Gasteiger partial charge in [0.05, 0.1) is 18.6 Å². The van der Waals surface area contributed by atoms with Crippen LogP contribution < -0.4 is 14.4 Å². The number of carbonyl (C=O) groups excluding carboxylic acids is 1. The zero-order chi connectivity index (χ0) is 18.4. The van der Waals surface area contributed by atoms with E-state index in [0.29, 0.717) is 17.8 Å². The van der Waals surface area contributed by atoms with Crippen LogP contribution in [0.3, 0.4) is 0 Å². The number of hydrogen-bond acceptors (Lipinski definition) is 4. The van der Waals surface area contributed by atoms with Gasteiger partial charge >= 0.3 is 0 Å². The third-order valence-corrected chi connectivity index (χ3v) is 5.66. The summed E-state index contributed by atoms with van der Waals surface area (Å²) in [5, 5.41) is 2.83. The summed E-state index contributed by atoms with van der Waals surface area (Å²) < 4.78 is 30.0. The van der Waals surface area contributed by atoms with Gasteiger partial charge in [-0.15, -0.1) is 0 Å². The average Bonchev–Trinajstić information content (AvgIpc) is 2.66. The van der Waals surface area contributed by atoms with Gasteiger partial charge in [0.2, 0.25) is 10.0 Å². The number of amides is 1. The zero-order valence-electron chi connectivity index (χ0n) is 14.5. The van der Waals surface area contributed by atoms with Crippen LogP contribution in [0.25, 0.3) is 0 Å². The normalized spacial score (nSPS) is 11.0. The van der Waals surface area contributed by atoms with Crippen molar-refractivity contribution in [3.63, 3.8) is 0 Å². The van der Waals surface area contributed by atoms with Gasteiger partial charge in [0.1, 0.15) is 5.75 Å². The second kappa shape index (κ2) is 8.02. The summed E-state index contributed by atoms with van der Waals surface area (Å²) in [5.41, 5.74) is 1.95. The van der Waals surface area contributed by atoms with Crippen molar-refractivity contribution in [2.75, 3.05) is 24.2 Å². The van der Waals surface area contributed by atoms with E-state index >= 15 is 0 Å². The number of anilines is 1. The Morgan fingerprint density at radius 3 is 2.20 bits per heavy atom. The van der Waals surface area contributed by atoms with E-state index in [1.807, 2.05) is 24.3 Å². The van der Waals surface area contributed by atoms with Gasteiger partial charge in [-0.3, -0.25) is 9.10 Å². The molecule has 0 atom stereocenters. The highest BCUT2D eigenvalue weighted by Crippen LogP contribution is 2.17. The van der Waals surface area contributed by atoms with Crippen molar-refractivity contribution in [3.05, 3.63) is 59.7 Å². The van der Waals surface area contributed by atoms with E-state index in [-0.39, 0.29) is 11.7 Å². The van der Waals surface area contributed by atoms with Gasteiger partial charge < -0.3 is 10.1 Å². The highest BCUT2D eigenvalue weighted by atomic mass is 32.2. The minimum atomic E-state index is -3.31. The van der Waals surface area contributed by atoms with Crippen LogP contribution in [0.1, 0.15) is 22.8 Å². The summed E-state index contributed by atoms with van der Waals surface area (Å²) in [4.78, 5) is 12.2. The van der Waals surface area contributed by atoms with Crippen molar-refractivity contribution in [2.45, 2.75) is 13.5 Å². The molecule has 0 aliphatic heterocycles. The smallest absolute Gasteiger partial charge is 0.251 e. The highest BCUT2D eigenvalue weighted by molar-refractivity contribution is 7.92. The Hall–Kier alpha value is -2.54. The third-order valence-electron chi connectivity index (χ3n) is 3.89. The Morgan fingerprint density at radius 1 is 1.08 bits per heavy atom. The molecule has 0 heterocycles. The maximum Gasteiger partial charge on any atom is 0.251 e. The van der Waals surface area contributed by atoms with E-state index in [1.165, 1.54) is 11.4 Å². The molecule has 0 radical (unpaired) electrons. The van der Waals surface area contributed by atoms with E-state index in [9.17, 15) is 13.2 Å². The van der Waals surface area contributed by atoms with Crippen LogP contribution >= 0.6 is 0 Å². The number of nitrogens with zero attached hydrogens (tertiary/aromatic N) is 1. The fourth-order valence-corrected chi connectivity index (χ4v) is 3.03. The first-order valence-corrected chi connectivity index (χ1v) is 9.46. The van der Waals surface area contributed by atoms with E-state index in [0.717, 1.165) is 11.3 Å². The van der Waals surface area contributed by atoms with Gasteiger partial charge in [-0.1, -0.05) is 12.1 Å². The number of benzene rings is 2. The monoisotopic (exact) mass is 362 g/mol.